The predicted molar refractivity (Wildman–Crippen MR) is 120 cm³/mol. The first-order valence-electron chi connectivity index (χ1n) is 11.5. The molecule has 0 spiro atoms. The Hall–Kier alpha value is -1.17. The van der Waals surface area contributed by atoms with Crippen molar-refractivity contribution < 1.29 is 19.7 Å². The fourth-order valence-electron chi connectivity index (χ4n) is 7.24. The van der Waals surface area contributed by atoms with Gasteiger partial charge in [0, 0.05) is 25.0 Å². The van der Waals surface area contributed by atoms with Crippen molar-refractivity contribution in [2.45, 2.75) is 65.4 Å². The van der Waals surface area contributed by atoms with Gasteiger partial charge in [-0.1, -0.05) is 26.0 Å². The number of aliphatic hydroxyl groups is 2. The normalized spacial score (nSPS) is 41.2. The van der Waals surface area contributed by atoms with Crippen molar-refractivity contribution >= 4 is 22.9 Å². The molecule has 3 aliphatic rings. The van der Waals surface area contributed by atoms with E-state index in [-0.39, 0.29) is 48.0 Å². The molecule has 2 N–H and O–H groups in total. The van der Waals surface area contributed by atoms with Gasteiger partial charge in [0.25, 0.3) is 0 Å². The summed E-state index contributed by atoms with van der Waals surface area (Å²) in [6.07, 6.45) is 8.07. The van der Waals surface area contributed by atoms with Crippen LogP contribution in [0.15, 0.2) is 23.6 Å². The maximum absolute atomic E-state index is 11.4. The highest BCUT2D eigenvalue weighted by molar-refractivity contribution is 7.11. The molecule has 30 heavy (non-hydrogen) atoms. The molecule has 5 heteroatoms. The number of carbonyl (C=O) groups excluding carboxylic acids is 1. The minimum atomic E-state index is -0.236. The van der Waals surface area contributed by atoms with Gasteiger partial charge >= 0.3 is 5.97 Å². The highest BCUT2D eigenvalue weighted by atomic mass is 32.1. The molecule has 0 aromatic carbocycles. The lowest BCUT2D eigenvalue weighted by atomic mass is 9.49. The van der Waals surface area contributed by atoms with Crippen molar-refractivity contribution in [3.05, 3.63) is 28.5 Å². The molecular weight excluding hydrogens is 396 g/mol. The van der Waals surface area contributed by atoms with Crippen LogP contribution in [0.3, 0.4) is 0 Å². The fourth-order valence-corrected chi connectivity index (χ4v) is 8.14. The molecule has 3 aliphatic carbocycles. The highest BCUT2D eigenvalue weighted by Gasteiger charge is 2.56. The number of hydrogen-bond acceptors (Lipinski definition) is 5. The fraction of sp³-hybridized carbons (Fsp3) is 0.720. The van der Waals surface area contributed by atoms with E-state index in [4.69, 9.17) is 4.74 Å². The van der Waals surface area contributed by atoms with Crippen molar-refractivity contribution in [1.82, 2.24) is 0 Å². The third-order valence-corrected chi connectivity index (χ3v) is 9.80. The van der Waals surface area contributed by atoms with E-state index in [1.807, 2.05) is 11.3 Å². The maximum Gasteiger partial charge on any atom is 0.302 e. The Balaban J connectivity index is 1.57. The van der Waals surface area contributed by atoms with Crippen LogP contribution >= 0.6 is 11.3 Å². The predicted octanol–water partition coefficient (Wildman–Crippen LogP) is 4.91. The summed E-state index contributed by atoms with van der Waals surface area (Å²) in [7, 11) is 0. The van der Waals surface area contributed by atoms with Crippen molar-refractivity contribution in [3.8, 4) is 0 Å². The molecule has 1 aromatic rings. The quantitative estimate of drug-likeness (QED) is 0.649. The second kappa shape index (κ2) is 8.40. The summed E-state index contributed by atoms with van der Waals surface area (Å²) in [5.74, 6) is 0.930. The summed E-state index contributed by atoms with van der Waals surface area (Å²) in [5.41, 5.74) is 1.56. The lowest BCUT2D eigenvalue weighted by Crippen LogP contribution is -2.52. The third kappa shape index (κ3) is 3.57. The molecular formula is C25H36O4S. The Morgan fingerprint density at radius 3 is 2.63 bits per heavy atom. The van der Waals surface area contributed by atoms with Gasteiger partial charge in [-0.15, -0.1) is 11.3 Å². The maximum atomic E-state index is 11.4. The summed E-state index contributed by atoms with van der Waals surface area (Å²) in [5, 5.41) is 23.0. The Morgan fingerprint density at radius 1 is 1.20 bits per heavy atom. The van der Waals surface area contributed by atoms with Crippen molar-refractivity contribution in [2.24, 2.45) is 34.5 Å². The van der Waals surface area contributed by atoms with Crippen LogP contribution in [0.2, 0.25) is 0 Å². The summed E-state index contributed by atoms with van der Waals surface area (Å²) >= 11 is 1.82. The van der Waals surface area contributed by atoms with Gasteiger partial charge in [0.2, 0.25) is 0 Å². The van der Waals surface area contributed by atoms with Gasteiger partial charge in [-0.3, -0.25) is 4.79 Å². The standard InChI is InChI=1S/C25H36O4S/c1-16(28)29-18-8-10-24(2,17(13-18)14-26)21-9-11-25(3)20(19(21)15-27)6-7-22(25)23-5-4-12-30-23/h4-5,7,12,17-21,26-27H,6,8-11,13-15H2,1-3H3/t17-,18+,19+,20+,21+,24+,25+/m1/s1. The second-order valence-corrected chi connectivity index (χ2v) is 11.2. The van der Waals surface area contributed by atoms with E-state index in [2.05, 4.69) is 37.4 Å². The van der Waals surface area contributed by atoms with Crippen LogP contribution in [0.1, 0.15) is 64.2 Å². The Morgan fingerprint density at radius 2 is 2.00 bits per heavy atom. The molecule has 4 nitrogen and oxygen atoms in total. The molecule has 0 amide bonds. The first-order chi connectivity index (χ1) is 14.3. The van der Waals surface area contributed by atoms with Crippen molar-refractivity contribution in [3.63, 3.8) is 0 Å². The number of ether oxygens (including phenoxy) is 1. The van der Waals surface area contributed by atoms with Crippen molar-refractivity contribution in [1.29, 1.82) is 0 Å². The molecule has 0 radical (unpaired) electrons. The summed E-state index contributed by atoms with van der Waals surface area (Å²) in [4.78, 5) is 12.8. The topological polar surface area (TPSA) is 66.8 Å². The first-order valence-corrected chi connectivity index (χ1v) is 12.3. The average molecular weight is 433 g/mol. The smallest absolute Gasteiger partial charge is 0.302 e. The van der Waals surface area contributed by atoms with E-state index in [9.17, 15) is 15.0 Å². The van der Waals surface area contributed by atoms with Gasteiger partial charge in [0.15, 0.2) is 0 Å². The van der Waals surface area contributed by atoms with Crippen LogP contribution in [-0.4, -0.2) is 35.5 Å². The largest absolute Gasteiger partial charge is 0.463 e. The van der Waals surface area contributed by atoms with Gasteiger partial charge < -0.3 is 14.9 Å². The SMILES string of the molecule is CC(=O)O[C@H]1CC[C@](C)([C@H]2CC[C@]3(C)C(c4cccs4)=CC[C@H]3[C@@H]2CO)[C@@H](CO)C1. The van der Waals surface area contributed by atoms with Crippen LogP contribution in [-0.2, 0) is 9.53 Å². The number of carbonyl (C=O) groups is 1. The zero-order chi connectivity index (χ0) is 21.5. The third-order valence-electron chi connectivity index (χ3n) is 8.90. The number of hydrogen-bond donors (Lipinski definition) is 2. The number of thiophene rings is 1. The minimum absolute atomic E-state index is 0.0359. The van der Waals surface area contributed by atoms with Gasteiger partial charge in [-0.25, -0.2) is 0 Å². The minimum Gasteiger partial charge on any atom is -0.463 e. The Kier molecular flexibility index (Phi) is 6.17. The summed E-state index contributed by atoms with van der Waals surface area (Å²) < 4.78 is 5.49. The van der Waals surface area contributed by atoms with Gasteiger partial charge in [0.05, 0.1) is 0 Å². The summed E-state index contributed by atoms with van der Waals surface area (Å²) in [6.45, 7) is 6.50. The van der Waals surface area contributed by atoms with E-state index < -0.39 is 0 Å². The molecule has 0 unspecified atom stereocenters. The van der Waals surface area contributed by atoms with Crippen LogP contribution in [0, 0.1) is 34.5 Å². The van der Waals surface area contributed by atoms with Crippen LogP contribution in [0.25, 0.3) is 5.57 Å². The van der Waals surface area contributed by atoms with E-state index in [1.54, 1.807) is 0 Å². The molecule has 166 valence electrons. The van der Waals surface area contributed by atoms with Crippen LogP contribution in [0.5, 0.6) is 0 Å². The van der Waals surface area contributed by atoms with E-state index in [0.29, 0.717) is 11.8 Å². The molecule has 2 fully saturated rings. The number of aliphatic hydroxyl groups excluding tert-OH is 2. The second-order valence-electron chi connectivity index (χ2n) is 10.2. The Bertz CT molecular complexity index is 787. The summed E-state index contributed by atoms with van der Waals surface area (Å²) in [6, 6.07) is 4.35. The van der Waals surface area contributed by atoms with Gasteiger partial charge in [-0.05, 0) is 90.0 Å². The molecule has 4 rings (SSSR count). The van der Waals surface area contributed by atoms with Gasteiger partial charge in [0.1, 0.15) is 6.10 Å². The van der Waals surface area contributed by atoms with Crippen molar-refractivity contribution in [2.75, 3.05) is 13.2 Å². The highest BCUT2D eigenvalue weighted by Crippen LogP contribution is 2.64. The lowest BCUT2D eigenvalue weighted by molar-refractivity contribution is -0.156. The van der Waals surface area contributed by atoms with Crippen LogP contribution < -0.4 is 0 Å². The van der Waals surface area contributed by atoms with E-state index in [1.165, 1.54) is 17.4 Å². The number of allylic oxidation sites excluding steroid dienone is 2. The van der Waals surface area contributed by atoms with E-state index in [0.717, 1.165) is 38.5 Å². The monoisotopic (exact) mass is 432 g/mol. The average Bonchev–Trinajstić information content (AvgIpc) is 3.35. The molecule has 1 aromatic heterocycles. The van der Waals surface area contributed by atoms with Gasteiger partial charge in [-0.2, -0.15) is 0 Å². The number of rotatable bonds is 5. The number of fused-ring (bicyclic) bond motifs is 1. The molecule has 7 atom stereocenters. The molecule has 1 heterocycles. The van der Waals surface area contributed by atoms with Crippen LogP contribution in [0.4, 0.5) is 0 Å². The zero-order valence-corrected chi connectivity index (χ0v) is 19.3. The lowest BCUT2D eigenvalue weighted by Gasteiger charge is -2.56. The zero-order valence-electron chi connectivity index (χ0n) is 18.5. The first kappa shape index (κ1) is 22.0. The Labute approximate surface area is 184 Å². The van der Waals surface area contributed by atoms with E-state index >= 15 is 0 Å². The molecule has 2 saturated carbocycles. The number of esters is 1. The molecule has 0 bridgehead atoms. The molecule has 0 aliphatic heterocycles. The molecule has 0 saturated heterocycles.